The predicted molar refractivity (Wildman–Crippen MR) is 92.9 cm³/mol. The molecule has 2 amide bonds. The summed E-state index contributed by atoms with van der Waals surface area (Å²) in [5.41, 5.74) is 2.03. The predicted octanol–water partition coefficient (Wildman–Crippen LogP) is 3.30. The van der Waals surface area contributed by atoms with E-state index in [-0.39, 0.29) is 12.1 Å². The van der Waals surface area contributed by atoms with E-state index in [1.54, 1.807) is 17.1 Å². The second-order valence-corrected chi connectivity index (χ2v) is 6.50. The van der Waals surface area contributed by atoms with Crippen molar-refractivity contribution in [2.75, 3.05) is 6.54 Å². The van der Waals surface area contributed by atoms with Crippen LogP contribution in [0.5, 0.6) is 0 Å². The summed E-state index contributed by atoms with van der Waals surface area (Å²) in [6.45, 7) is 5.01. The van der Waals surface area contributed by atoms with Crippen molar-refractivity contribution in [2.45, 2.75) is 51.6 Å². The molecule has 6 nitrogen and oxygen atoms in total. The molecule has 6 heteroatoms. The van der Waals surface area contributed by atoms with Crippen molar-refractivity contribution in [1.82, 2.24) is 25.2 Å². The number of carbonyl (C=O) groups excluding carboxylic acids is 1. The summed E-state index contributed by atoms with van der Waals surface area (Å²) in [6, 6.07) is 8.34. The molecule has 24 heavy (non-hydrogen) atoms. The lowest BCUT2D eigenvalue weighted by molar-refractivity contribution is 0.177. The standard InChI is InChI=1S/C18H25N5O/c1-14-6-4-3-5-12-22(14)18(24)20-15(2)16-7-9-17(10-8-16)23-13-11-19-21-23/h7-11,13-15H,3-6,12H2,1-2H3,(H,20,24). The van der Waals surface area contributed by atoms with E-state index in [0.717, 1.165) is 30.6 Å². The summed E-state index contributed by atoms with van der Waals surface area (Å²) < 4.78 is 1.71. The van der Waals surface area contributed by atoms with Crippen LogP contribution in [0.2, 0.25) is 0 Å². The maximum atomic E-state index is 12.6. The van der Waals surface area contributed by atoms with Crippen molar-refractivity contribution < 1.29 is 4.79 Å². The monoisotopic (exact) mass is 327 g/mol. The van der Waals surface area contributed by atoms with E-state index in [2.05, 4.69) is 22.6 Å². The van der Waals surface area contributed by atoms with Gasteiger partial charge >= 0.3 is 6.03 Å². The molecule has 1 aliphatic rings. The van der Waals surface area contributed by atoms with Crippen molar-refractivity contribution in [3.8, 4) is 5.69 Å². The zero-order valence-corrected chi connectivity index (χ0v) is 14.4. The molecule has 2 atom stereocenters. The lowest BCUT2D eigenvalue weighted by Crippen LogP contribution is -2.45. The van der Waals surface area contributed by atoms with Gasteiger partial charge in [-0.25, -0.2) is 9.48 Å². The lowest BCUT2D eigenvalue weighted by Gasteiger charge is -2.29. The van der Waals surface area contributed by atoms with E-state index in [4.69, 9.17) is 0 Å². The molecule has 0 radical (unpaired) electrons. The van der Waals surface area contributed by atoms with Crippen LogP contribution in [0.25, 0.3) is 5.69 Å². The molecule has 1 aromatic carbocycles. The van der Waals surface area contributed by atoms with Crippen molar-refractivity contribution in [3.63, 3.8) is 0 Å². The summed E-state index contributed by atoms with van der Waals surface area (Å²) in [7, 11) is 0. The molecule has 2 heterocycles. The van der Waals surface area contributed by atoms with Gasteiger partial charge < -0.3 is 10.2 Å². The molecular weight excluding hydrogens is 302 g/mol. The zero-order chi connectivity index (χ0) is 16.9. The van der Waals surface area contributed by atoms with Crippen molar-refractivity contribution in [3.05, 3.63) is 42.2 Å². The Morgan fingerprint density at radius 1 is 1.25 bits per heavy atom. The Morgan fingerprint density at radius 3 is 2.75 bits per heavy atom. The normalized spacial score (nSPS) is 19.6. The topological polar surface area (TPSA) is 63.1 Å². The SMILES string of the molecule is CC(NC(=O)N1CCCCCC1C)c1ccc(-n2ccnn2)cc1. The van der Waals surface area contributed by atoms with E-state index >= 15 is 0 Å². The van der Waals surface area contributed by atoms with Gasteiger partial charge in [0.15, 0.2) is 0 Å². The third kappa shape index (κ3) is 3.75. The quantitative estimate of drug-likeness (QED) is 0.941. The van der Waals surface area contributed by atoms with Crippen molar-refractivity contribution >= 4 is 6.03 Å². The molecule has 0 aliphatic carbocycles. The number of nitrogens with zero attached hydrogens (tertiary/aromatic N) is 4. The molecular formula is C18H25N5O. The molecule has 1 fully saturated rings. The third-order valence-electron chi connectivity index (χ3n) is 4.73. The fraction of sp³-hybridized carbons (Fsp3) is 0.500. The molecule has 0 spiro atoms. The Morgan fingerprint density at radius 2 is 2.04 bits per heavy atom. The van der Waals surface area contributed by atoms with Gasteiger partial charge in [-0.15, -0.1) is 5.10 Å². The Hall–Kier alpha value is -2.37. The largest absolute Gasteiger partial charge is 0.331 e. The van der Waals surface area contributed by atoms with E-state index in [1.165, 1.54) is 12.8 Å². The van der Waals surface area contributed by atoms with Crippen LogP contribution in [0.3, 0.4) is 0 Å². The number of rotatable bonds is 3. The number of benzene rings is 1. The van der Waals surface area contributed by atoms with Crippen molar-refractivity contribution in [1.29, 1.82) is 0 Å². The average molecular weight is 327 g/mol. The number of amides is 2. The summed E-state index contributed by atoms with van der Waals surface area (Å²) in [4.78, 5) is 14.6. The molecule has 0 saturated carbocycles. The van der Waals surface area contributed by atoms with E-state index in [9.17, 15) is 4.79 Å². The Kier molecular flexibility index (Phi) is 5.13. The van der Waals surface area contributed by atoms with Gasteiger partial charge in [-0.05, 0) is 44.4 Å². The maximum Gasteiger partial charge on any atom is 0.318 e. The van der Waals surface area contributed by atoms with E-state index in [1.807, 2.05) is 36.1 Å². The van der Waals surface area contributed by atoms with Gasteiger partial charge in [-0.1, -0.05) is 30.2 Å². The summed E-state index contributed by atoms with van der Waals surface area (Å²) in [6.07, 6.45) is 8.07. The van der Waals surface area contributed by atoms with E-state index in [0.29, 0.717) is 6.04 Å². The van der Waals surface area contributed by atoms with E-state index < -0.39 is 0 Å². The van der Waals surface area contributed by atoms with Crippen LogP contribution in [0.4, 0.5) is 4.79 Å². The van der Waals surface area contributed by atoms with Crippen LogP contribution in [0, 0.1) is 0 Å². The van der Waals surface area contributed by atoms with Crippen LogP contribution in [-0.4, -0.2) is 38.5 Å². The number of hydrogen-bond donors (Lipinski definition) is 1. The van der Waals surface area contributed by atoms with Gasteiger partial charge in [-0.3, -0.25) is 0 Å². The van der Waals surface area contributed by atoms with Gasteiger partial charge in [0, 0.05) is 12.6 Å². The average Bonchev–Trinajstić information content (AvgIpc) is 3.04. The minimum Gasteiger partial charge on any atom is -0.331 e. The van der Waals surface area contributed by atoms with Crippen molar-refractivity contribution in [2.24, 2.45) is 0 Å². The van der Waals surface area contributed by atoms with Crippen LogP contribution in [-0.2, 0) is 0 Å². The van der Waals surface area contributed by atoms with Crippen LogP contribution in [0.15, 0.2) is 36.7 Å². The number of urea groups is 1. The van der Waals surface area contributed by atoms with Crippen LogP contribution < -0.4 is 5.32 Å². The Bertz CT molecular complexity index is 653. The molecule has 2 aromatic rings. The second-order valence-electron chi connectivity index (χ2n) is 6.50. The molecule has 1 aliphatic heterocycles. The maximum absolute atomic E-state index is 12.6. The highest BCUT2D eigenvalue weighted by Gasteiger charge is 2.23. The number of hydrogen-bond acceptors (Lipinski definition) is 3. The number of aromatic nitrogens is 3. The summed E-state index contributed by atoms with van der Waals surface area (Å²) in [5.74, 6) is 0. The lowest BCUT2D eigenvalue weighted by atomic mass is 10.1. The molecule has 2 unspecified atom stereocenters. The first-order valence-electron chi connectivity index (χ1n) is 8.69. The Balaban J connectivity index is 1.63. The van der Waals surface area contributed by atoms with Gasteiger partial charge in [0.1, 0.15) is 0 Å². The van der Waals surface area contributed by atoms with Gasteiger partial charge in [-0.2, -0.15) is 0 Å². The summed E-state index contributed by atoms with van der Waals surface area (Å²) in [5, 5.41) is 10.9. The molecule has 128 valence electrons. The molecule has 1 N–H and O–H groups in total. The fourth-order valence-electron chi connectivity index (χ4n) is 3.19. The zero-order valence-electron chi connectivity index (χ0n) is 14.4. The highest BCUT2D eigenvalue weighted by molar-refractivity contribution is 5.75. The Labute approximate surface area is 142 Å². The molecule has 1 aromatic heterocycles. The number of carbonyl (C=O) groups is 1. The number of likely N-dealkylation sites (tertiary alicyclic amines) is 1. The first-order valence-corrected chi connectivity index (χ1v) is 8.69. The van der Waals surface area contributed by atoms with Gasteiger partial charge in [0.25, 0.3) is 0 Å². The minimum absolute atomic E-state index is 0.0299. The smallest absolute Gasteiger partial charge is 0.318 e. The third-order valence-corrected chi connectivity index (χ3v) is 4.73. The fourth-order valence-corrected chi connectivity index (χ4v) is 3.19. The van der Waals surface area contributed by atoms with Crippen LogP contribution >= 0.6 is 0 Å². The molecule has 3 rings (SSSR count). The van der Waals surface area contributed by atoms with Gasteiger partial charge in [0.2, 0.25) is 0 Å². The number of nitrogens with one attached hydrogen (secondary N) is 1. The molecule has 0 bridgehead atoms. The second kappa shape index (κ2) is 7.47. The highest BCUT2D eigenvalue weighted by atomic mass is 16.2. The first kappa shape index (κ1) is 16.5. The minimum atomic E-state index is -0.0299. The first-order chi connectivity index (χ1) is 11.6. The van der Waals surface area contributed by atoms with Gasteiger partial charge in [0.05, 0.1) is 24.1 Å². The van der Waals surface area contributed by atoms with Crippen LogP contribution in [0.1, 0.15) is 51.1 Å². The summed E-state index contributed by atoms with van der Waals surface area (Å²) >= 11 is 0. The highest BCUT2D eigenvalue weighted by Crippen LogP contribution is 2.19. The molecule has 1 saturated heterocycles.